The van der Waals surface area contributed by atoms with Crippen LogP contribution >= 0.6 is 0 Å². The van der Waals surface area contributed by atoms with Crippen molar-refractivity contribution in [3.05, 3.63) is 0 Å². The Balaban J connectivity index is 2.21. The molecule has 3 atom stereocenters. The Labute approximate surface area is 119 Å². The first-order valence-corrected chi connectivity index (χ1v) is 8.94. The first kappa shape index (κ1) is 15.3. The molecule has 2 saturated heterocycles. The Morgan fingerprint density at radius 3 is 2.45 bits per heavy atom. The summed E-state index contributed by atoms with van der Waals surface area (Å²) in [4.78, 5) is 25.9. The highest BCUT2D eigenvalue weighted by atomic mass is 32.2. The van der Waals surface area contributed by atoms with Gasteiger partial charge in [0.2, 0.25) is 11.8 Å². The highest BCUT2D eigenvalue weighted by Crippen LogP contribution is 2.24. The molecular weight excluding hydrogens is 280 g/mol. The molecule has 0 aromatic carbocycles. The van der Waals surface area contributed by atoms with Crippen LogP contribution < -0.4 is 5.32 Å². The van der Waals surface area contributed by atoms with E-state index in [4.69, 9.17) is 0 Å². The maximum Gasteiger partial charge on any atom is 0.245 e. The van der Waals surface area contributed by atoms with Crippen molar-refractivity contribution in [1.29, 1.82) is 0 Å². The minimum Gasteiger partial charge on any atom is -0.343 e. The molecule has 2 amide bonds. The molecule has 0 bridgehead atoms. The largest absolute Gasteiger partial charge is 0.343 e. The van der Waals surface area contributed by atoms with Gasteiger partial charge in [-0.15, -0.1) is 0 Å². The zero-order chi connectivity index (χ0) is 14.9. The number of rotatable bonds is 4. The van der Waals surface area contributed by atoms with Gasteiger partial charge in [-0.1, -0.05) is 13.8 Å². The molecule has 6 nitrogen and oxygen atoms in total. The number of amides is 2. The van der Waals surface area contributed by atoms with Crippen LogP contribution in [0.25, 0.3) is 0 Å². The van der Waals surface area contributed by atoms with Crippen molar-refractivity contribution in [2.24, 2.45) is 0 Å². The van der Waals surface area contributed by atoms with Gasteiger partial charge < -0.3 is 10.2 Å². The van der Waals surface area contributed by atoms with Crippen molar-refractivity contribution in [3.63, 3.8) is 0 Å². The van der Waals surface area contributed by atoms with Gasteiger partial charge in [0.05, 0.1) is 11.0 Å². The van der Waals surface area contributed by atoms with E-state index in [-0.39, 0.29) is 24.1 Å². The number of nitrogens with zero attached hydrogens (tertiary/aromatic N) is 1. The minimum absolute atomic E-state index is 0.152. The number of hydrogen-bond acceptors (Lipinski definition) is 4. The van der Waals surface area contributed by atoms with Gasteiger partial charge in [0.1, 0.15) is 12.1 Å². The van der Waals surface area contributed by atoms with E-state index in [0.29, 0.717) is 25.7 Å². The molecule has 0 saturated carbocycles. The van der Waals surface area contributed by atoms with Crippen molar-refractivity contribution in [1.82, 2.24) is 10.2 Å². The lowest BCUT2D eigenvalue weighted by Gasteiger charge is -2.39. The Morgan fingerprint density at radius 1 is 1.25 bits per heavy atom. The topological polar surface area (TPSA) is 83.6 Å². The smallest absolute Gasteiger partial charge is 0.245 e. The van der Waals surface area contributed by atoms with Crippen LogP contribution in [0.2, 0.25) is 0 Å². The summed E-state index contributed by atoms with van der Waals surface area (Å²) < 4.78 is 23.9. The number of nitrogens with one attached hydrogen (secondary N) is 1. The van der Waals surface area contributed by atoms with Crippen molar-refractivity contribution in [3.8, 4) is 0 Å². The molecule has 2 fully saturated rings. The molecule has 0 aromatic rings. The van der Waals surface area contributed by atoms with Crippen LogP contribution in [0.1, 0.15) is 39.5 Å². The predicted octanol–water partition coefficient (Wildman–Crippen LogP) is 0.0792. The van der Waals surface area contributed by atoms with E-state index in [1.54, 1.807) is 0 Å². The summed E-state index contributed by atoms with van der Waals surface area (Å²) in [7, 11) is -3.11. The van der Waals surface area contributed by atoms with E-state index in [1.807, 2.05) is 13.8 Å². The van der Waals surface area contributed by atoms with E-state index < -0.39 is 27.2 Å². The first-order valence-electron chi connectivity index (χ1n) is 7.23. The van der Waals surface area contributed by atoms with E-state index in [2.05, 4.69) is 5.32 Å². The fourth-order valence-corrected chi connectivity index (χ4v) is 4.82. The highest BCUT2D eigenvalue weighted by molar-refractivity contribution is 7.92. The molecule has 7 heteroatoms. The molecule has 2 aliphatic heterocycles. The van der Waals surface area contributed by atoms with Gasteiger partial charge >= 0.3 is 0 Å². The molecule has 0 spiro atoms. The minimum atomic E-state index is -3.11. The first-order chi connectivity index (χ1) is 9.40. The number of sulfone groups is 1. The Morgan fingerprint density at radius 2 is 1.95 bits per heavy atom. The van der Waals surface area contributed by atoms with Gasteiger partial charge in [-0.05, 0) is 25.7 Å². The van der Waals surface area contributed by atoms with E-state index in [9.17, 15) is 18.0 Å². The van der Waals surface area contributed by atoms with Gasteiger partial charge in [-0.2, -0.15) is 0 Å². The highest BCUT2D eigenvalue weighted by Gasteiger charge is 2.42. The monoisotopic (exact) mass is 302 g/mol. The Hall–Kier alpha value is -1.11. The second-order valence-electron chi connectivity index (χ2n) is 5.52. The summed E-state index contributed by atoms with van der Waals surface area (Å²) in [6, 6.07) is -1.06. The second kappa shape index (κ2) is 5.71. The van der Waals surface area contributed by atoms with Crippen molar-refractivity contribution in [2.45, 2.75) is 56.9 Å². The molecule has 20 heavy (non-hydrogen) atoms. The molecule has 2 aliphatic rings. The Bertz CT molecular complexity index is 503. The van der Waals surface area contributed by atoms with Crippen LogP contribution in [0.5, 0.6) is 0 Å². The van der Waals surface area contributed by atoms with Crippen molar-refractivity contribution < 1.29 is 18.0 Å². The zero-order valence-electron chi connectivity index (χ0n) is 12.0. The van der Waals surface area contributed by atoms with Crippen LogP contribution in [0.15, 0.2) is 0 Å². The molecule has 0 aromatic heterocycles. The normalized spacial score (nSPS) is 33.3. The van der Waals surface area contributed by atoms with Crippen molar-refractivity contribution >= 4 is 21.7 Å². The maximum absolute atomic E-state index is 12.4. The van der Waals surface area contributed by atoms with Gasteiger partial charge in [0, 0.05) is 6.54 Å². The number of carbonyl (C=O) groups is 2. The standard InChI is InChI=1S/C13H22N2O4S/c1-3-10-13(17)15(11(4-2)12(16)14-10)8-9-6-5-7-20(9,18)19/h9-11H,3-8H2,1-2H3,(H,14,16). The fraction of sp³-hybridized carbons (Fsp3) is 0.846. The quantitative estimate of drug-likeness (QED) is 0.797. The van der Waals surface area contributed by atoms with Crippen LogP contribution in [-0.2, 0) is 19.4 Å². The summed E-state index contributed by atoms with van der Waals surface area (Å²) in [5.41, 5.74) is 0. The number of hydrogen-bond donors (Lipinski definition) is 1. The third-order valence-corrected chi connectivity index (χ3v) is 6.49. The molecule has 2 heterocycles. The summed E-state index contributed by atoms with van der Waals surface area (Å²) in [5, 5.41) is 2.20. The average molecular weight is 302 g/mol. The molecule has 114 valence electrons. The molecule has 1 N–H and O–H groups in total. The predicted molar refractivity (Wildman–Crippen MR) is 74.8 cm³/mol. The van der Waals surface area contributed by atoms with Crippen LogP contribution in [0, 0.1) is 0 Å². The lowest BCUT2D eigenvalue weighted by atomic mass is 10.0. The fourth-order valence-electron chi connectivity index (χ4n) is 3.01. The summed E-state index contributed by atoms with van der Waals surface area (Å²) >= 11 is 0. The van der Waals surface area contributed by atoms with Crippen LogP contribution in [0.4, 0.5) is 0 Å². The molecule has 2 rings (SSSR count). The van der Waals surface area contributed by atoms with Gasteiger partial charge in [-0.3, -0.25) is 9.59 Å². The maximum atomic E-state index is 12.4. The molecule has 3 unspecified atom stereocenters. The second-order valence-corrected chi connectivity index (χ2v) is 7.92. The third-order valence-electron chi connectivity index (χ3n) is 4.23. The lowest BCUT2D eigenvalue weighted by molar-refractivity contribution is -0.149. The van der Waals surface area contributed by atoms with Crippen molar-refractivity contribution in [2.75, 3.05) is 12.3 Å². The van der Waals surface area contributed by atoms with Gasteiger partial charge in [0.25, 0.3) is 0 Å². The van der Waals surface area contributed by atoms with Gasteiger partial charge in [-0.25, -0.2) is 8.42 Å². The summed E-state index contributed by atoms with van der Waals surface area (Å²) in [6.45, 7) is 3.82. The van der Waals surface area contributed by atoms with E-state index in [1.165, 1.54) is 4.90 Å². The number of piperazine rings is 1. The van der Waals surface area contributed by atoms with E-state index in [0.717, 1.165) is 0 Å². The van der Waals surface area contributed by atoms with Gasteiger partial charge in [0.15, 0.2) is 9.84 Å². The lowest BCUT2D eigenvalue weighted by Crippen LogP contribution is -2.64. The third kappa shape index (κ3) is 2.68. The van der Waals surface area contributed by atoms with Crippen LogP contribution in [0.3, 0.4) is 0 Å². The molecule has 0 aliphatic carbocycles. The number of carbonyl (C=O) groups excluding carboxylic acids is 2. The zero-order valence-corrected chi connectivity index (χ0v) is 12.8. The average Bonchev–Trinajstić information content (AvgIpc) is 2.73. The summed E-state index contributed by atoms with van der Waals surface area (Å²) in [6.07, 6.45) is 2.26. The SMILES string of the molecule is CCC1NC(=O)C(CC)N(CC2CCCS2(=O)=O)C1=O. The molecule has 0 radical (unpaired) electrons. The van der Waals surface area contributed by atoms with Crippen LogP contribution in [-0.4, -0.2) is 54.8 Å². The summed E-state index contributed by atoms with van der Waals surface area (Å²) in [5.74, 6) is -0.129. The van der Waals surface area contributed by atoms with E-state index >= 15 is 0 Å². The molecular formula is C13H22N2O4S. The Kier molecular flexibility index (Phi) is 4.36.